The molecule has 0 aromatic heterocycles. The molecule has 0 bridgehead atoms. The van der Waals surface area contributed by atoms with Crippen molar-refractivity contribution in [3.8, 4) is 0 Å². The van der Waals surface area contributed by atoms with Gasteiger partial charge < -0.3 is 0 Å². The molecule has 0 aliphatic heterocycles. The summed E-state index contributed by atoms with van der Waals surface area (Å²) < 4.78 is 0. The van der Waals surface area contributed by atoms with E-state index < -0.39 is 0 Å². The summed E-state index contributed by atoms with van der Waals surface area (Å²) in [5, 5.41) is 0. The van der Waals surface area contributed by atoms with Gasteiger partial charge in [0.1, 0.15) is 0 Å². The van der Waals surface area contributed by atoms with Crippen molar-refractivity contribution in [1.29, 1.82) is 0 Å². The first-order valence-corrected chi connectivity index (χ1v) is 10.1. The lowest BCUT2D eigenvalue weighted by atomic mass is 9.71. The van der Waals surface area contributed by atoms with Crippen molar-refractivity contribution in [2.24, 2.45) is 0 Å². The zero-order valence-electron chi connectivity index (χ0n) is 15.5. The molecule has 3 aromatic rings. The monoisotopic (exact) mass is 340 g/mol. The molecule has 0 radical (unpaired) electrons. The van der Waals surface area contributed by atoms with Crippen molar-refractivity contribution in [1.82, 2.24) is 0 Å². The lowest BCUT2D eigenvalue weighted by molar-refractivity contribution is 0.435. The van der Waals surface area contributed by atoms with E-state index in [1.807, 2.05) is 0 Å². The number of hydrogen-bond acceptors (Lipinski definition) is 0. The van der Waals surface area contributed by atoms with Gasteiger partial charge in [0.05, 0.1) is 0 Å². The average Bonchev–Trinajstić information content (AvgIpc) is 2.72. The van der Waals surface area contributed by atoms with Crippen molar-refractivity contribution in [2.45, 2.75) is 50.4 Å². The van der Waals surface area contributed by atoms with Gasteiger partial charge in [-0.1, -0.05) is 84.9 Å². The van der Waals surface area contributed by atoms with E-state index in [0.717, 1.165) is 0 Å². The molecular weight excluding hydrogens is 312 g/mol. The molecule has 0 saturated heterocycles. The van der Waals surface area contributed by atoms with Crippen LogP contribution in [0, 0.1) is 0 Å². The molecule has 1 aliphatic rings. The summed E-state index contributed by atoms with van der Waals surface area (Å²) in [5.74, 6) is 1.29. The van der Waals surface area contributed by atoms with Gasteiger partial charge in [0, 0.05) is 0 Å². The van der Waals surface area contributed by atoms with Crippen molar-refractivity contribution in [2.75, 3.05) is 0 Å². The zero-order valence-corrected chi connectivity index (χ0v) is 15.5. The number of fused-ring (bicyclic) bond motifs is 1. The van der Waals surface area contributed by atoms with Gasteiger partial charge in [0.15, 0.2) is 0 Å². The number of aryl methyl sites for hydroxylation is 2. The summed E-state index contributed by atoms with van der Waals surface area (Å²) in [5.41, 5.74) is 6.16. The second-order valence-electron chi connectivity index (χ2n) is 7.59. The topological polar surface area (TPSA) is 0 Å². The van der Waals surface area contributed by atoms with Crippen LogP contribution in [-0.2, 0) is 12.8 Å². The summed E-state index contributed by atoms with van der Waals surface area (Å²) in [4.78, 5) is 0. The van der Waals surface area contributed by atoms with Gasteiger partial charge >= 0.3 is 0 Å². The van der Waals surface area contributed by atoms with Crippen molar-refractivity contribution < 1.29 is 0 Å². The maximum absolute atomic E-state index is 2.38. The van der Waals surface area contributed by atoms with E-state index in [-0.39, 0.29) is 0 Å². The van der Waals surface area contributed by atoms with Crippen LogP contribution in [0.1, 0.15) is 59.8 Å². The van der Waals surface area contributed by atoms with E-state index in [0.29, 0.717) is 11.8 Å². The number of benzene rings is 3. The van der Waals surface area contributed by atoms with Crippen LogP contribution in [0.15, 0.2) is 84.9 Å². The highest BCUT2D eigenvalue weighted by Crippen LogP contribution is 2.44. The predicted molar refractivity (Wildman–Crippen MR) is 111 cm³/mol. The standard InChI is InChI=1S/C26H28/c1-3-11-21(12-4-1)13-9-19-25(22-14-5-2-6-15-22)26-20-10-17-23-16-7-8-18-24(23)26/h1-8,11-12,14-16,18,25-26H,9-10,13,17,19-20H2. The normalized spacial score (nSPS) is 17.5. The average molecular weight is 341 g/mol. The second-order valence-corrected chi connectivity index (χ2v) is 7.59. The molecule has 26 heavy (non-hydrogen) atoms. The van der Waals surface area contributed by atoms with Crippen LogP contribution in [0.25, 0.3) is 0 Å². The zero-order chi connectivity index (χ0) is 17.6. The summed E-state index contributed by atoms with van der Waals surface area (Å²) in [6.45, 7) is 0. The van der Waals surface area contributed by atoms with Gasteiger partial charge in [-0.25, -0.2) is 0 Å². The van der Waals surface area contributed by atoms with Crippen LogP contribution in [0.2, 0.25) is 0 Å². The van der Waals surface area contributed by atoms with Crippen molar-refractivity contribution >= 4 is 0 Å². The van der Waals surface area contributed by atoms with Gasteiger partial charge in [-0.3, -0.25) is 0 Å². The molecule has 0 nitrogen and oxygen atoms in total. The van der Waals surface area contributed by atoms with Crippen molar-refractivity contribution in [3.63, 3.8) is 0 Å². The summed E-state index contributed by atoms with van der Waals surface area (Å²) in [6.07, 6.45) is 7.59. The third-order valence-corrected chi connectivity index (χ3v) is 5.95. The Morgan fingerprint density at radius 3 is 2.27 bits per heavy atom. The molecule has 132 valence electrons. The molecule has 0 heterocycles. The van der Waals surface area contributed by atoms with Crippen LogP contribution in [-0.4, -0.2) is 0 Å². The third kappa shape index (κ3) is 3.90. The predicted octanol–water partition coefficient (Wildman–Crippen LogP) is 6.91. The highest BCUT2D eigenvalue weighted by Gasteiger charge is 2.28. The molecule has 0 spiro atoms. The van der Waals surface area contributed by atoms with E-state index in [1.165, 1.54) is 49.7 Å². The van der Waals surface area contributed by atoms with E-state index in [9.17, 15) is 0 Å². The van der Waals surface area contributed by atoms with Crippen LogP contribution in [0.3, 0.4) is 0 Å². The van der Waals surface area contributed by atoms with Gasteiger partial charge in [0.2, 0.25) is 0 Å². The molecule has 0 heteroatoms. The fraction of sp³-hybridized carbons (Fsp3) is 0.308. The Bertz CT molecular complexity index is 804. The van der Waals surface area contributed by atoms with E-state index in [4.69, 9.17) is 0 Å². The van der Waals surface area contributed by atoms with Gasteiger partial charge in [-0.05, 0) is 72.6 Å². The first kappa shape index (κ1) is 17.1. The molecule has 3 aromatic carbocycles. The maximum atomic E-state index is 2.38. The second kappa shape index (κ2) is 8.36. The SMILES string of the molecule is c1ccc(CCCC(c2ccccc2)C2CCCc3ccccc32)cc1. The minimum atomic E-state index is 0.626. The van der Waals surface area contributed by atoms with Gasteiger partial charge in [-0.2, -0.15) is 0 Å². The Kier molecular flexibility index (Phi) is 5.50. The Labute approximate surface area is 157 Å². The molecule has 0 saturated carbocycles. The summed E-state index contributed by atoms with van der Waals surface area (Å²) in [7, 11) is 0. The largest absolute Gasteiger partial charge is 0.0622 e. The molecule has 0 N–H and O–H groups in total. The highest BCUT2D eigenvalue weighted by molar-refractivity contribution is 5.36. The minimum Gasteiger partial charge on any atom is -0.0622 e. The fourth-order valence-corrected chi connectivity index (χ4v) is 4.68. The molecule has 2 atom stereocenters. The van der Waals surface area contributed by atoms with Crippen molar-refractivity contribution in [3.05, 3.63) is 107 Å². The van der Waals surface area contributed by atoms with Gasteiger partial charge in [0.25, 0.3) is 0 Å². The number of rotatable bonds is 6. The van der Waals surface area contributed by atoms with Crippen LogP contribution < -0.4 is 0 Å². The van der Waals surface area contributed by atoms with E-state index >= 15 is 0 Å². The molecule has 4 rings (SSSR count). The third-order valence-electron chi connectivity index (χ3n) is 5.95. The Morgan fingerprint density at radius 1 is 0.769 bits per heavy atom. The quantitative estimate of drug-likeness (QED) is 0.457. The van der Waals surface area contributed by atoms with E-state index in [2.05, 4.69) is 84.9 Å². The molecule has 2 unspecified atom stereocenters. The van der Waals surface area contributed by atoms with Crippen LogP contribution in [0.5, 0.6) is 0 Å². The smallest absolute Gasteiger partial charge is 0.00902 e. The fourth-order valence-electron chi connectivity index (χ4n) is 4.68. The molecule has 1 aliphatic carbocycles. The van der Waals surface area contributed by atoms with E-state index in [1.54, 1.807) is 11.1 Å². The summed E-state index contributed by atoms with van der Waals surface area (Å²) >= 11 is 0. The number of hydrogen-bond donors (Lipinski definition) is 0. The highest BCUT2D eigenvalue weighted by atomic mass is 14.3. The first-order chi connectivity index (χ1) is 12.9. The summed E-state index contributed by atoms with van der Waals surface area (Å²) in [6, 6.07) is 31.3. The van der Waals surface area contributed by atoms with Gasteiger partial charge in [-0.15, -0.1) is 0 Å². The Hall–Kier alpha value is -2.34. The molecule has 0 fully saturated rings. The lowest BCUT2D eigenvalue weighted by Crippen LogP contribution is -2.17. The minimum absolute atomic E-state index is 0.626. The maximum Gasteiger partial charge on any atom is -0.00902 e. The molecule has 0 amide bonds. The Balaban J connectivity index is 1.56. The molecular formula is C26H28. The lowest BCUT2D eigenvalue weighted by Gasteiger charge is -2.33. The van der Waals surface area contributed by atoms with Crippen LogP contribution >= 0.6 is 0 Å². The van der Waals surface area contributed by atoms with Crippen LogP contribution in [0.4, 0.5) is 0 Å². The Morgan fingerprint density at radius 2 is 1.46 bits per heavy atom. The first-order valence-electron chi connectivity index (χ1n) is 10.1.